The minimum atomic E-state index is -0.875. The number of nitrogens with one attached hydrogen (secondary N) is 1. The topological polar surface area (TPSA) is 64.6 Å². The Kier molecular flexibility index (Phi) is 5.95. The third kappa shape index (κ3) is 4.59. The lowest BCUT2D eigenvalue weighted by Crippen LogP contribution is -2.36. The van der Waals surface area contributed by atoms with E-state index in [1.54, 1.807) is 55.6 Å². The Bertz CT molecular complexity index is 680. The van der Waals surface area contributed by atoms with Gasteiger partial charge in [0.05, 0.1) is 12.7 Å². The van der Waals surface area contributed by atoms with Gasteiger partial charge in [0.1, 0.15) is 5.75 Å². The summed E-state index contributed by atoms with van der Waals surface area (Å²) in [6.07, 6.45) is -0.875. The highest BCUT2D eigenvalue weighted by Crippen LogP contribution is 2.17. The predicted molar refractivity (Wildman–Crippen MR) is 92.1 cm³/mol. The van der Waals surface area contributed by atoms with Crippen LogP contribution in [0.2, 0.25) is 0 Å². The predicted octanol–water partition coefficient (Wildman–Crippen LogP) is 3.52. The molecule has 0 spiro atoms. The third-order valence-electron chi connectivity index (χ3n) is 3.46. The van der Waals surface area contributed by atoms with Crippen LogP contribution in [0.25, 0.3) is 0 Å². The highest BCUT2D eigenvalue weighted by Gasteiger charge is 2.27. The number of methoxy groups -OCH3 is 1. The molecule has 1 N–H and O–H groups in total. The van der Waals surface area contributed by atoms with Gasteiger partial charge in [0.25, 0.3) is 5.91 Å². The van der Waals surface area contributed by atoms with Crippen molar-refractivity contribution in [3.05, 3.63) is 60.2 Å². The van der Waals surface area contributed by atoms with E-state index < -0.39 is 12.1 Å². The molecular weight excluding hydrogens is 306 g/mol. The fourth-order valence-electron chi connectivity index (χ4n) is 2.14. The first-order valence-electron chi connectivity index (χ1n) is 7.72. The van der Waals surface area contributed by atoms with Crippen LogP contribution in [0.1, 0.15) is 24.2 Å². The van der Waals surface area contributed by atoms with Crippen molar-refractivity contribution in [2.75, 3.05) is 12.4 Å². The summed E-state index contributed by atoms with van der Waals surface area (Å²) in [5.74, 6) is -0.335. The quantitative estimate of drug-likeness (QED) is 0.825. The lowest BCUT2D eigenvalue weighted by molar-refractivity contribution is -0.126. The molecule has 5 heteroatoms. The molecule has 0 bridgehead atoms. The molecule has 0 fully saturated rings. The average Bonchev–Trinajstić information content (AvgIpc) is 2.60. The molecule has 0 radical (unpaired) electrons. The fraction of sp³-hybridized carbons (Fsp3) is 0.263. The van der Waals surface area contributed by atoms with Gasteiger partial charge in [-0.2, -0.15) is 0 Å². The molecule has 2 aromatic carbocycles. The Hall–Kier alpha value is -2.82. The van der Waals surface area contributed by atoms with Gasteiger partial charge in [0.2, 0.25) is 0 Å². The zero-order valence-electron chi connectivity index (χ0n) is 14.0. The van der Waals surface area contributed by atoms with Crippen molar-refractivity contribution in [3.63, 3.8) is 0 Å². The first kappa shape index (κ1) is 17.5. The first-order valence-corrected chi connectivity index (χ1v) is 7.72. The Morgan fingerprint density at radius 1 is 0.958 bits per heavy atom. The van der Waals surface area contributed by atoms with E-state index in [0.29, 0.717) is 17.0 Å². The van der Waals surface area contributed by atoms with Gasteiger partial charge in [-0.1, -0.05) is 32.0 Å². The van der Waals surface area contributed by atoms with Crippen LogP contribution >= 0.6 is 0 Å². The van der Waals surface area contributed by atoms with Gasteiger partial charge in [0.15, 0.2) is 6.10 Å². The molecule has 5 nitrogen and oxygen atoms in total. The molecule has 0 saturated heterocycles. The largest absolute Gasteiger partial charge is 0.497 e. The Balaban J connectivity index is 2.06. The minimum absolute atomic E-state index is 0.157. The maximum atomic E-state index is 12.5. The molecule has 2 rings (SSSR count). The standard InChI is InChI=1S/C19H21NO4/c1-13(2)17(24-19(22)14-7-5-4-6-8-14)18(21)20-15-9-11-16(23-3)12-10-15/h4-13,17H,1-3H3,(H,20,21). The number of benzene rings is 2. The van der Waals surface area contributed by atoms with Gasteiger partial charge in [-0.15, -0.1) is 0 Å². The number of hydrogen-bond donors (Lipinski definition) is 1. The summed E-state index contributed by atoms with van der Waals surface area (Å²) in [6.45, 7) is 3.66. The summed E-state index contributed by atoms with van der Waals surface area (Å²) in [7, 11) is 1.57. The molecule has 0 aliphatic carbocycles. The molecule has 2 aromatic rings. The van der Waals surface area contributed by atoms with Crippen LogP contribution in [0, 0.1) is 5.92 Å². The van der Waals surface area contributed by atoms with Gasteiger partial charge < -0.3 is 14.8 Å². The number of ether oxygens (including phenoxy) is 2. The van der Waals surface area contributed by atoms with E-state index in [0.717, 1.165) is 0 Å². The molecule has 0 aliphatic rings. The highest BCUT2D eigenvalue weighted by molar-refractivity contribution is 5.97. The molecule has 126 valence electrons. The molecule has 0 aliphatic heterocycles. The first-order chi connectivity index (χ1) is 11.5. The van der Waals surface area contributed by atoms with E-state index in [1.165, 1.54) is 0 Å². The zero-order valence-corrected chi connectivity index (χ0v) is 14.0. The number of carbonyl (C=O) groups excluding carboxylic acids is 2. The SMILES string of the molecule is COc1ccc(NC(=O)C(OC(=O)c2ccccc2)C(C)C)cc1. The summed E-state index contributed by atoms with van der Waals surface area (Å²) >= 11 is 0. The molecule has 0 aromatic heterocycles. The van der Waals surface area contributed by atoms with E-state index in [-0.39, 0.29) is 11.8 Å². The van der Waals surface area contributed by atoms with Crippen molar-refractivity contribution in [3.8, 4) is 5.75 Å². The highest BCUT2D eigenvalue weighted by atomic mass is 16.5. The van der Waals surface area contributed by atoms with E-state index in [9.17, 15) is 9.59 Å². The molecule has 1 atom stereocenters. The molecule has 0 heterocycles. The average molecular weight is 327 g/mol. The van der Waals surface area contributed by atoms with E-state index in [1.807, 2.05) is 19.9 Å². The van der Waals surface area contributed by atoms with E-state index in [2.05, 4.69) is 5.32 Å². The molecule has 1 amide bonds. The lowest BCUT2D eigenvalue weighted by Gasteiger charge is -2.21. The maximum Gasteiger partial charge on any atom is 0.338 e. The van der Waals surface area contributed by atoms with Crippen molar-refractivity contribution in [1.82, 2.24) is 0 Å². The van der Waals surface area contributed by atoms with Crippen LogP contribution in [0.3, 0.4) is 0 Å². The maximum absolute atomic E-state index is 12.5. The summed E-state index contributed by atoms with van der Waals surface area (Å²) in [5.41, 5.74) is 1.03. The minimum Gasteiger partial charge on any atom is -0.497 e. The number of hydrogen-bond acceptors (Lipinski definition) is 4. The second kappa shape index (κ2) is 8.15. The van der Waals surface area contributed by atoms with E-state index >= 15 is 0 Å². The van der Waals surface area contributed by atoms with Gasteiger partial charge in [-0.3, -0.25) is 4.79 Å². The van der Waals surface area contributed by atoms with Crippen LogP contribution in [0.5, 0.6) is 5.75 Å². The fourth-order valence-corrected chi connectivity index (χ4v) is 2.14. The molecular formula is C19H21NO4. The van der Waals surface area contributed by atoms with Crippen molar-refractivity contribution in [2.24, 2.45) is 5.92 Å². The number of esters is 1. The lowest BCUT2D eigenvalue weighted by atomic mass is 10.1. The second-order valence-electron chi connectivity index (χ2n) is 5.65. The third-order valence-corrected chi connectivity index (χ3v) is 3.46. The number of rotatable bonds is 6. The molecule has 0 saturated carbocycles. The monoisotopic (exact) mass is 327 g/mol. The summed E-state index contributed by atoms with van der Waals surface area (Å²) < 4.78 is 10.5. The summed E-state index contributed by atoms with van der Waals surface area (Å²) in [5, 5.41) is 2.76. The zero-order chi connectivity index (χ0) is 17.5. The van der Waals surface area contributed by atoms with E-state index in [4.69, 9.17) is 9.47 Å². The summed E-state index contributed by atoms with van der Waals surface area (Å²) in [6, 6.07) is 15.6. The smallest absolute Gasteiger partial charge is 0.338 e. The number of carbonyl (C=O) groups is 2. The number of anilines is 1. The number of amides is 1. The van der Waals surface area contributed by atoms with Gasteiger partial charge in [-0.25, -0.2) is 4.79 Å². The normalized spacial score (nSPS) is 11.7. The molecule has 1 unspecified atom stereocenters. The Morgan fingerprint density at radius 3 is 2.12 bits per heavy atom. The Morgan fingerprint density at radius 2 is 1.58 bits per heavy atom. The Labute approximate surface area is 141 Å². The van der Waals surface area contributed by atoms with Crippen molar-refractivity contribution >= 4 is 17.6 Å². The van der Waals surface area contributed by atoms with Crippen LogP contribution in [0.15, 0.2) is 54.6 Å². The van der Waals surface area contributed by atoms with Crippen LogP contribution < -0.4 is 10.1 Å². The second-order valence-corrected chi connectivity index (χ2v) is 5.65. The van der Waals surface area contributed by atoms with Crippen LogP contribution in [-0.2, 0) is 9.53 Å². The van der Waals surface area contributed by atoms with Crippen molar-refractivity contribution in [2.45, 2.75) is 20.0 Å². The van der Waals surface area contributed by atoms with Crippen LogP contribution in [0.4, 0.5) is 5.69 Å². The molecule has 24 heavy (non-hydrogen) atoms. The van der Waals surface area contributed by atoms with Crippen LogP contribution in [-0.4, -0.2) is 25.1 Å². The summed E-state index contributed by atoms with van der Waals surface area (Å²) in [4.78, 5) is 24.6. The van der Waals surface area contributed by atoms with Crippen molar-refractivity contribution in [1.29, 1.82) is 0 Å². The van der Waals surface area contributed by atoms with Gasteiger partial charge >= 0.3 is 5.97 Å². The van der Waals surface area contributed by atoms with Gasteiger partial charge in [0, 0.05) is 5.69 Å². The van der Waals surface area contributed by atoms with Gasteiger partial charge in [-0.05, 0) is 42.3 Å². The van der Waals surface area contributed by atoms with Crippen molar-refractivity contribution < 1.29 is 19.1 Å².